The number of hydrogen-bond acceptors (Lipinski definition) is 8. The molecule has 27 heavy (non-hydrogen) atoms. The Morgan fingerprint density at radius 1 is 1.04 bits per heavy atom. The molecule has 1 saturated heterocycles. The number of urea groups is 1. The maximum Gasteiger partial charge on any atom is 0.335 e. The van der Waals surface area contributed by atoms with E-state index in [1.807, 2.05) is 0 Å². The number of nitrogens with zero attached hydrogens (tertiary/aromatic N) is 4. The molecule has 1 fully saturated rings. The van der Waals surface area contributed by atoms with Gasteiger partial charge in [-0.15, -0.1) is 10.2 Å². The second-order valence-electron chi connectivity index (χ2n) is 5.36. The Kier molecular flexibility index (Phi) is 5.06. The molecular weight excluding hydrogens is 354 g/mol. The number of amides is 4. The van der Waals surface area contributed by atoms with Crippen LogP contribution in [0.1, 0.15) is 0 Å². The molecule has 2 aromatic rings. The molecule has 0 bridgehead atoms. The SMILES string of the molecule is COc1ccc(N2C(=O)NC(=O)[C@@H](C=Nc3ccc(OC)nn3)C2=O)cc1. The lowest BCUT2D eigenvalue weighted by Gasteiger charge is -2.28. The van der Waals surface area contributed by atoms with E-state index in [1.54, 1.807) is 12.1 Å². The number of nitrogens with one attached hydrogen (secondary N) is 1. The normalized spacial score (nSPS) is 17.2. The van der Waals surface area contributed by atoms with Crippen molar-refractivity contribution in [3.8, 4) is 11.6 Å². The number of anilines is 1. The first kappa shape index (κ1) is 18.0. The summed E-state index contributed by atoms with van der Waals surface area (Å²) < 4.78 is 9.94. The number of methoxy groups -OCH3 is 2. The van der Waals surface area contributed by atoms with Crippen LogP contribution in [0.5, 0.6) is 11.6 Å². The van der Waals surface area contributed by atoms with Gasteiger partial charge in [-0.2, -0.15) is 0 Å². The molecular formula is C17H15N5O5. The molecule has 1 N–H and O–H groups in total. The lowest BCUT2D eigenvalue weighted by molar-refractivity contribution is -0.131. The number of carbonyl (C=O) groups excluding carboxylic acids is 3. The van der Waals surface area contributed by atoms with E-state index in [2.05, 4.69) is 20.5 Å². The van der Waals surface area contributed by atoms with Crippen LogP contribution in [0.3, 0.4) is 0 Å². The van der Waals surface area contributed by atoms with Crippen molar-refractivity contribution >= 4 is 35.6 Å². The highest BCUT2D eigenvalue weighted by Crippen LogP contribution is 2.23. The first-order valence-corrected chi connectivity index (χ1v) is 7.78. The molecule has 0 radical (unpaired) electrons. The Morgan fingerprint density at radius 2 is 1.78 bits per heavy atom. The standard InChI is InChI=1S/C17H15N5O5/c1-26-11-5-3-10(4-6-11)22-16(24)12(15(23)19-17(22)25)9-18-13-7-8-14(27-2)21-20-13/h3-9,12H,1-2H3,(H,19,23,25)/t12-/m1/s1. The monoisotopic (exact) mass is 369 g/mol. The van der Waals surface area contributed by atoms with Crippen LogP contribution in [0.2, 0.25) is 0 Å². The van der Waals surface area contributed by atoms with Crippen LogP contribution < -0.4 is 19.7 Å². The van der Waals surface area contributed by atoms with Gasteiger partial charge in [0.2, 0.25) is 11.8 Å². The van der Waals surface area contributed by atoms with Crippen LogP contribution in [-0.2, 0) is 9.59 Å². The van der Waals surface area contributed by atoms with Gasteiger partial charge >= 0.3 is 6.03 Å². The van der Waals surface area contributed by atoms with Crippen molar-refractivity contribution in [2.24, 2.45) is 10.9 Å². The van der Waals surface area contributed by atoms with Gasteiger partial charge in [-0.25, -0.2) is 14.7 Å². The molecule has 1 aliphatic rings. The number of aromatic nitrogens is 2. The number of barbiturate groups is 1. The number of hydrogen-bond donors (Lipinski definition) is 1. The highest BCUT2D eigenvalue weighted by atomic mass is 16.5. The largest absolute Gasteiger partial charge is 0.497 e. The zero-order valence-electron chi connectivity index (χ0n) is 14.4. The predicted molar refractivity (Wildman–Crippen MR) is 94.2 cm³/mol. The zero-order valence-corrected chi connectivity index (χ0v) is 14.4. The molecule has 4 amide bonds. The molecule has 1 aromatic heterocycles. The summed E-state index contributed by atoms with van der Waals surface area (Å²) >= 11 is 0. The number of benzene rings is 1. The van der Waals surface area contributed by atoms with Crippen molar-refractivity contribution in [1.29, 1.82) is 0 Å². The van der Waals surface area contributed by atoms with Gasteiger partial charge in [0.1, 0.15) is 5.75 Å². The van der Waals surface area contributed by atoms with E-state index in [0.29, 0.717) is 17.3 Å². The van der Waals surface area contributed by atoms with Crippen molar-refractivity contribution < 1.29 is 23.9 Å². The van der Waals surface area contributed by atoms with Gasteiger partial charge in [-0.1, -0.05) is 0 Å². The van der Waals surface area contributed by atoms with Crippen LogP contribution in [-0.4, -0.2) is 48.5 Å². The van der Waals surface area contributed by atoms with E-state index in [-0.39, 0.29) is 5.82 Å². The van der Waals surface area contributed by atoms with Gasteiger partial charge in [0.25, 0.3) is 5.91 Å². The molecule has 0 aliphatic carbocycles. The highest BCUT2D eigenvalue weighted by Gasteiger charge is 2.40. The molecule has 1 aliphatic heterocycles. The number of ether oxygens (including phenoxy) is 2. The lowest BCUT2D eigenvalue weighted by atomic mass is 10.1. The van der Waals surface area contributed by atoms with Gasteiger partial charge in [0.05, 0.1) is 19.9 Å². The van der Waals surface area contributed by atoms with Gasteiger partial charge in [0.15, 0.2) is 11.7 Å². The van der Waals surface area contributed by atoms with E-state index in [0.717, 1.165) is 11.1 Å². The first-order valence-electron chi connectivity index (χ1n) is 7.78. The third-order valence-electron chi connectivity index (χ3n) is 3.72. The minimum atomic E-state index is -1.28. The van der Waals surface area contributed by atoms with E-state index in [1.165, 1.54) is 38.5 Å². The summed E-state index contributed by atoms with van der Waals surface area (Å²) in [6.07, 6.45) is 1.12. The van der Waals surface area contributed by atoms with Crippen LogP contribution in [0.25, 0.3) is 0 Å². The number of rotatable bonds is 5. The molecule has 10 nitrogen and oxygen atoms in total. The van der Waals surface area contributed by atoms with Crippen LogP contribution in [0.15, 0.2) is 41.4 Å². The summed E-state index contributed by atoms with van der Waals surface area (Å²) in [5, 5.41) is 9.67. The van der Waals surface area contributed by atoms with Crippen LogP contribution >= 0.6 is 0 Å². The van der Waals surface area contributed by atoms with Crippen molar-refractivity contribution in [2.45, 2.75) is 0 Å². The maximum absolute atomic E-state index is 12.7. The Balaban J connectivity index is 1.83. The van der Waals surface area contributed by atoms with E-state index >= 15 is 0 Å². The van der Waals surface area contributed by atoms with E-state index in [9.17, 15) is 14.4 Å². The lowest BCUT2D eigenvalue weighted by Crippen LogP contribution is -2.58. The average Bonchev–Trinajstić information content (AvgIpc) is 2.68. The van der Waals surface area contributed by atoms with Crippen molar-refractivity contribution in [2.75, 3.05) is 19.1 Å². The summed E-state index contributed by atoms with van der Waals surface area (Å²) in [4.78, 5) is 41.7. The maximum atomic E-state index is 12.7. The molecule has 0 unspecified atom stereocenters. The summed E-state index contributed by atoms with van der Waals surface area (Å²) in [5.41, 5.74) is 0.299. The summed E-state index contributed by atoms with van der Waals surface area (Å²) in [5.74, 6) is -1.72. The third-order valence-corrected chi connectivity index (χ3v) is 3.72. The topological polar surface area (TPSA) is 123 Å². The Labute approximate surface area is 153 Å². The molecule has 3 rings (SSSR count). The molecule has 1 atom stereocenters. The number of carbonyl (C=O) groups is 3. The quantitative estimate of drug-likeness (QED) is 0.618. The Hall–Kier alpha value is -3.82. The molecule has 2 heterocycles. The molecule has 10 heteroatoms. The second kappa shape index (κ2) is 7.60. The van der Waals surface area contributed by atoms with Gasteiger partial charge in [-0.05, 0) is 30.3 Å². The van der Waals surface area contributed by atoms with Crippen LogP contribution in [0.4, 0.5) is 16.3 Å². The average molecular weight is 369 g/mol. The highest BCUT2D eigenvalue weighted by molar-refractivity contribution is 6.32. The van der Waals surface area contributed by atoms with Gasteiger partial charge < -0.3 is 9.47 Å². The second-order valence-corrected chi connectivity index (χ2v) is 5.36. The Bertz CT molecular complexity index is 895. The zero-order chi connectivity index (χ0) is 19.4. The van der Waals surface area contributed by atoms with Gasteiger partial charge in [0, 0.05) is 12.3 Å². The molecule has 138 valence electrons. The minimum Gasteiger partial charge on any atom is -0.497 e. The minimum absolute atomic E-state index is 0.185. The summed E-state index contributed by atoms with van der Waals surface area (Å²) in [6.45, 7) is 0. The molecule has 0 spiro atoms. The summed E-state index contributed by atoms with van der Waals surface area (Å²) in [6, 6.07) is 8.49. The molecule has 1 aromatic carbocycles. The van der Waals surface area contributed by atoms with Crippen molar-refractivity contribution in [3.63, 3.8) is 0 Å². The van der Waals surface area contributed by atoms with Crippen LogP contribution in [0, 0.1) is 5.92 Å². The van der Waals surface area contributed by atoms with Crippen molar-refractivity contribution in [1.82, 2.24) is 15.5 Å². The summed E-state index contributed by atoms with van der Waals surface area (Å²) in [7, 11) is 2.95. The third kappa shape index (κ3) is 3.73. The van der Waals surface area contributed by atoms with E-state index < -0.39 is 23.8 Å². The van der Waals surface area contributed by atoms with Gasteiger partial charge in [-0.3, -0.25) is 14.9 Å². The predicted octanol–water partition coefficient (Wildman–Crippen LogP) is 1.10. The van der Waals surface area contributed by atoms with E-state index in [4.69, 9.17) is 9.47 Å². The fourth-order valence-corrected chi connectivity index (χ4v) is 2.34. The number of aliphatic imine (C=N–C) groups is 1. The molecule has 0 saturated carbocycles. The Morgan fingerprint density at radius 3 is 2.37 bits per heavy atom. The van der Waals surface area contributed by atoms with Crippen molar-refractivity contribution in [3.05, 3.63) is 36.4 Å². The number of imide groups is 2. The first-order chi connectivity index (χ1) is 13.0. The smallest absolute Gasteiger partial charge is 0.335 e. The fraction of sp³-hybridized carbons (Fsp3) is 0.176. The fourth-order valence-electron chi connectivity index (χ4n) is 2.34.